The zero-order valence-electron chi connectivity index (χ0n) is 20.6. The molecule has 33 heavy (non-hydrogen) atoms. The molecule has 1 N–H and O–H groups in total. The number of benzene rings is 3. The fraction of sp³-hybridized carbons (Fsp3) is 0.379. The third-order valence-electron chi connectivity index (χ3n) is 6.75. The van der Waals surface area contributed by atoms with Crippen molar-refractivity contribution >= 4 is 8.32 Å². The van der Waals surface area contributed by atoms with Gasteiger partial charge in [-0.2, -0.15) is 0 Å². The highest BCUT2D eigenvalue weighted by molar-refractivity contribution is 6.74. The van der Waals surface area contributed by atoms with Gasteiger partial charge in [0.2, 0.25) is 0 Å². The Kier molecular flexibility index (Phi) is 8.30. The van der Waals surface area contributed by atoms with Crippen LogP contribution < -0.4 is 0 Å². The molecule has 3 rings (SSSR count). The number of rotatable bonds is 10. The van der Waals surface area contributed by atoms with Gasteiger partial charge in [0.05, 0.1) is 12.7 Å². The van der Waals surface area contributed by atoms with Gasteiger partial charge < -0.3 is 14.3 Å². The first-order valence-corrected chi connectivity index (χ1v) is 14.7. The maximum Gasteiger partial charge on any atom is 0.192 e. The van der Waals surface area contributed by atoms with Gasteiger partial charge in [0.25, 0.3) is 0 Å². The third kappa shape index (κ3) is 5.82. The summed E-state index contributed by atoms with van der Waals surface area (Å²) in [6, 6.07) is 31.1. The Balaban J connectivity index is 2.06. The molecular formula is C29H38O3Si. The van der Waals surface area contributed by atoms with E-state index in [-0.39, 0.29) is 17.7 Å². The predicted octanol–water partition coefficient (Wildman–Crippen LogP) is 6.77. The van der Waals surface area contributed by atoms with Crippen molar-refractivity contribution in [2.75, 3.05) is 13.2 Å². The van der Waals surface area contributed by atoms with Crippen molar-refractivity contribution in [1.29, 1.82) is 0 Å². The summed E-state index contributed by atoms with van der Waals surface area (Å²) in [5, 5.41) is 9.88. The van der Waals surface area contributed by atoms with E-state index in [0.717, 1.165) is 16.7 Å². The van der Waals surface area contributed by atoms with Gasteiger partial charge in [0.1, 0.15) is 5.60 Å². The van der Waals surface area contributed by atoms with Crippen LogP contribution in [0.4, 0.5) is 0 Å². The first-order chi connectivity index (χ1) is 15.7. The number of aliphatic hydroxyl groups excluding tert-OH is 1. The number of aliphatic hydroxyl groups is 1. The molecule has 4 heteroatoms. The van der Waals surface area contributed by atoms with Gasteiger partial charge in [-0.25, -0.2) is 0 Å². The molecule has 0 aromatic heterocycles. The molecule has 0 aliphatic heterocycles. The molecule has 0 saturated heterocycles. The third-order valence-corrected chi connectivity index (χ3v) is 11.3. The lowest BCUT2D eigenvalue weighted by molar-refractivity contribution is -0.0393. The molecule has 3 aromatic carbocycles. The molecular weight excluding hydrogens is 424 g/mol. The van der Waals surface area contributed by atoms with E-state index in [1.54, 1.807) is 0 Å². The lowest BCUT2D eigenvalue weighted by Crippen LogP contribution is -2.46. The lowest BCUT2D eigenvalue weighted by atomic mass is 9.80. The maximum absolute atomic E-state index is 9.80. The standard InChI is InChI=1S/C29H38O3Si/c1-28(2,3)33(4,5)32-27(21-22-30)23-31-29(24-15-9-6-10-16-24,25-17-11-7-12-18-25)26-19-13-8-14-20-26/h6-20,27,30H,21-23H2,1-5H3/t27-/m0/s1. The minimum Gasteiger partial charge on any atom is -0.412 e. The van der Waals surface area contributed by atoms with E-state index in [1.807, 2.05) is 18.2 Å². The molecule has 0 fully saturated rings. The number of hydrogen-bond donors (Lipinski definition) is 1. The monoisotopic (exact) mass is 462 g/mol. The van der Waals surface area contributed by atoms with E-state index in [4.69, 9.17) is 9.16 Å². The molecule has 0 heterocycles. The predicted molar refractivity (Wildman–Crippen MR) is 139 cm³/mol. The quantitative estimate of drug-likeness (QED) is 0.267. The van der Waals surface area contributed by atoms with Crippen molar-refractivity contribution in [3.8, 4) is 0 Å². The van der Waals surface area contributed by atoms with Crippen molar-refractivity contribution in [1.82, 2.24) is 0 Å². The Labute approximate surface area is 200 Å². The molecule has 0 aliphatic carbocycles. The van der Waals surface area contributed by atoms with Crippen molar-refractivity contribution in [3.05, 3.63) is 108 Å². The van der Waals surface area contributed by atoms with Crippen LogP contribution in [0, 0.1) is 0 Å². The Hall–Kier alpha value is -2.24. The van der Waals surface area contributed by atoms with Crippen molar-refractivity contribution in [2.45, 2.75) is 57.0 Å². The normalized spacial score (nSPS) is 13.6. The zero-order chi connectivity index (χ0) is 24.0. The number of hydrogen-bond acceptors (Lipinski definition) is 3. The van der Waals surface area contributed by atoms with Crippen molar-refractivity contribution in [2.24, 2.45) is 0 Å². The van der Waals surface area contributed by atoms with Crippen LogP contribution in [-0.2, 0) is 14.8 Å². The van der Waals surface area contributed by atoms with Crippen LogP contribution in [0.15, 0.2) is 91.0 Å². The van der Waals surface area contributed by atoms with Gasteiger partial charge in [-0.3, -0.25) is 0 Å². The Morgan fingerprint density at radius 3 is 1.45 bits per heavy atom. The average molecular weight is 463 g/mol. The minimum atomic E-state index is -2.03. The summed E-state index contributed by atoms with van der Waals surface area (Å²) < 4.78 is 13.6. The molecule has 0 radical (unpaired) electrons. The lowest BCUT2D eigenvalue weighted by Gasteiger charge is -2.41. The summed E-state index contributed by atoms with van der Waals surface area (Å²) in [4.78, 5) is 0. The molecule has 0 aliphatic rings. The molecule has 0 amide bonds. The number of ether oxygens (including phenoxy) is 1. The van der Waals surface area contributed by atoms with Crippen LogP contribution in [0.1, 0.15) is 43.9 Å². The van der Waals surface area contributed by atoms with E-state index >= 15 is 0 Å². The highest BCUT2D eigenvalue weighted by atomic mass is 28.4. The fourth-order valence-corrected chi connectivity index (χ4v) is 5.27. The van der Waals surface area contributed by atoms with Gasteiger partial charge in [0.15, 0.2) is 8.32 Å². The first kappa shape index (κ1) is 25.4. The second-order valence-corrected chi connectivity index (χ2v) is 14.9. The molecule has 1 atom stereocenters. The Bertz CT molecular complexity index is 869. The van der Waals surface area contributed by atoms with E-state index in [0.29, 0.717) is 13.0 Å². The summed E-state index contributed by atoms with van der Waals surface area (Å²) in [6.45, 7) is 11.6. The van der Waals surface area contributed by atoms with Crippen LogP contribution in [0.3, 0.4) is 0 Å². The molecule has 0 spiro atoms. The van der Waals surface area contributed by atoms with Crippen LogP contribution in [-0.4, -0.2) is 32.7 Å². The SMILES string of the molecule is CC(C)(C)[Si](C)(C)O[C@@H](CCO)COC(c1ccccc1)(c1ccccc1)c1ccccc1. The van der Waals surface area contributed by atoms with Crippen LogP contribution in [0.2, 0.25) is 18.1 Å². The van der Waals surface area contributed by atoms with Crippen LogP contribution >= 0.6 is 0 Å². The van der Waals surface area contributed by atoms with Gasteiger partial charge in [0, 0.05) is 6.61 Å². The summed E-state index contributed by atoms with van der Waals surface area (Å²) in [5.41, 5.74) is 2.42. The minimum absolute atomic E-state index is 0.0671. The summed E-state index contributed by atoms with van der Waals surface area (Å²) >= 11 is 0. The van der Waals surface area contributed by atoms with Gasteiger partial charge in [-0.05, 0) is 41.2 Å². The maximum atomic E-state index is 9.80. The van der Waals surface area contributed by atoms with E-state index in [1.165, 1.54) is 0 Å². The van der Waals surface area contributed by atoms with Gasteiger partial charge >= 0.3 is 0 Å². The molecule has 0 bridgehead atoms. The molecule has 176 valence electrons. The van der Waals surface area contributed by atoms with E-state index in [2.05, 4.69) is 107 Å². The Morgan fingerprint density at radius 1 is 0.727 bits per heavy atom. The topological polar surface area (TPSA) is 38.7 Å². The molecule has 0 unspecified atom stereocenters. The van der Waals surface area contributed by atoms with Gasteiger partial charge in [-0.1, -0.05) is 112 Å². The first-order valence-electron chi connectivity index (χ1n) is 11.8. The molecule has 3 aromatic rings. The van der Waals surface area contributed by atoms with E-state index in [9.17, 15) is 5.11 Å². The van der Waals surface area contributed by atoms with Crippen molar-refractivity contribution in [3.63, 3.8) is 0 Å². The second-order valence-electron chi connectivity index (χ2n) is 10.1. The van der Waals surface area contributed by atoms with Crippen molar-refractivity contribution < 1.29 is 14.3 Å². The van der Waals surface area contributed by atoms with E-state index < -0.39 is 13.9 Å². The fourth-order valence-electron chi connectivity index (χ4n) is 3.90. The average Bonchev–Trinajstić information content (AvgIpc) is 2.81. The van der Waals surface area contributed by atoms with Gasteiger partial charge in [-0.15, -0.1) is 0 Å². The highest BCUT2D eigenvalue weighted by Crippen LogP contribution is 2.42. The highest BCUT2D eigenvalue weighted by Gasteiger charge is 2.41. The summed E-state index contributed by atoms with van der Waals surface area (Å²) in [5.74, 6) is 0. The molecule has 3 nitrogen and oxygen atoms in total. The Morgan fingerprint density at radius 2 is 1.12 bits per heavy atom. The smallest absolute Gasteiger partial charge is 0.192 e. The largest absolute Gasteiger partial charge is 0.412 e. The summed E-state index contributed by atoms with van der Waals surface area (Å²) in [7, 11) is -2.03. The second kappa shape index (κ2) is 10.8. The zero-order valence-corrected chi connectivity index (χ0v) is 21.6. The molecule has 0 saturated carbocycles. The van der Waals surface area contributed by atoms with Crippen LogP contribution in [0.25, 0.3) is 0 Å². The van der Waals surface area contributed by atoms with Crippen LogP contribution in [0.5, 0.6) is 0 Å². The summed E-state index contributed by atoms with van der Waals surface area (Å²) in [6.07, 6.45) is 0.354.